The lowest BCUT2D eigenvalue weighted by Gasteiger charge is -2.27. The van der Waals surface area contributed by atoms with Crippen LogP contribution in [0.3, 0.4) is 0 Å². The molecule has 1 aromatic carbocycles. The second-order valence-electron chi connectivity index (χ2n) is 7.27. The van der Waals surface area contributed by atoms with Crippen molar-refractivity contribution in [3.05, 3.63) is 30.4 Å². The van der Waals surface area contributed by atoms with Crippen molar-refractivity contribution >= 4 is 32.6 Å². The fraction of sp³-hybridized carbons (Fsp3) is 0.476. The number of methoxy groups -OCH3 is 2. The van der Waals surface area contributed by atoms with E-state index in [1.54, 1.807) is 36.1 Å². The number of carbonyl (C=O) groups excluding carboxylic acids is 1. The van der Waals surface area contributed by atoms with Crippen molar-refractivity contribution in [2.24, 2.45) is 7.05 Å². The number of hydrogen-bond donors (Lipinski definition) is 0. The molecule has 0 saturated carbocycles. The van der Waals surface area contributed by atoms with E-state index >= 15 is 0 Å². The molecule has 0 N–H and O–H groups in total. The Labute approximate surface area is 185 Å². The molecular weight excluding hydrogens is 418 g/mol. The van der Waals surface area contributed by atoms with E-state index in [2.05, 4.69) is 9.88 Å². The molecular formula is C21H27N5O4S. The van der Waals surface area contributed by atoms with E-state index < -0.39 is 0 Å². The molecule has 0 atom stereocenters. The number of hydrogen-bond acceptors (Lipinski definition) is 8. The number of rotatable bonds is 8. The maximum atomic E-state index is 13.4. The molecule has 1 aliphatic rings. The summed E-state index contributed by atoms with van der Waals surface area (Å²) in [5.74, 6) is 1.56. The Morgan fingerprint density at radius 1 is 1.23 bits per heavy atom. The van der Waals surface area contributed by atoms with Gasteiger partial charge in [-0.25, -0.2) is 9.97 Å². The lowest BCUT2D eigenvalue weighted by Crippen LogP contribution is -2.39. The summed E-state index contributed by atoms with van der Waals surface area (Å²) >= 11 is 1.42. The van der Waals surface area contributed by atoms with E-state index in [-0.39, 0.29) is 5.91 Å². The fourth-order valence-electron chi connectivity index (χ4n) is 3.64. The van der Waals surface area contributed by atoms with Crippen LogP contribution >= 0.6 is 11.3 Å². The number of benzene rings is 1. The molecule has 10 heteroatoms. The van der Waals surface area contributed by atoms with Gasteiger partial charge in [-0.15, -0.1) is 0 Å². The van der Waals surface area contributed by atoms with Gasteiger partial charge in [0.2, 0.25) is 0 Å². The van der Waals surface area contributed by atoms with Crippen LogP contribution in [-0.2, 0) is 11.8 Å². The van der Waals surface area contributed by atoms with Gasteiger partial charge in [0.1, 0.15) is 21.7 Å². The smallest absolute Gasteiger partial charge is 0.296 e. The predicted molar refractivity (Wildman–Crippen MR) is 119 cm³/mol. The Kier molecular flexibility index (Phi) is 6.69. The van der Waals surface area contributed by atoms with Crippen LogP contribution in [-0.4, -0.2) is 79.0 Å². The SMILES string of the molecule is COc1ccc(OC)c2sc(N(CCCN3CCOCC3)C(=O)c3nccn3C)nc12. The largest absolute Gasteiger partial charge is 0.495 e. The van der Waals surface area contributed by atoms with Gasteiger partial charge in [-0.1, -0.05) is 11.3 Å². The molecule has 0 radical (unpaired) electrons. The van der Waals surface area contributed by atoms with Crippen molar-refractivity contribution in [3.63, 3.8) is 0 Å². The minimum absolute atomic E-state index is 0.175. The van der Waals surface area contributed by atoms with Crippen LogP contribution in [0.15, 0.2) is 24.5 Å². The van der Waals surface area contributed by atoms with E-state index in [9.17, 15) is 4.79 Å². The summed E-state index contributed by atoms with van der Waals surface area (Å²) < 4.78 is 19.0. The van der Waals surface area contributed by atoms with Crippen molar-refractivity contribution < 1.29 is 19.0 Å². The van der Waals surface area contributed by atoms with Gasteiger partial charge in [0.25, 0.3) is 5.91 Å². The predicted octanol–water partition coefficient (Wildman–Crippen LogP) is 2.42. The summed E-state index contributed by atoms with van der Waals surface area (Å²) in [5, 5.41) is 0.604. The van der Waals surface area contributed by atoms with Crippen molar-refractivity contribution in [1.29, 1.82) is 0 Å². The van der Waals surface area contributed by atoms with Gasteiger partial charge in [0.05, 0.1) is 27.4 Å². The summed E-state index contributed by atoms with van der Waals surface area (Å²) in [5.41, 5.74) is 0.688. The van der Waals surface area contributed by atoms with Crippen LogP contribution in [0.2, 0.25) is 0 Å². The van der Waals surface area contributed by atoms with Gasteiger partial charge in [-0.2, -0.15) is 0 Å². The van der Waals surface area contributed by atoms with Crippen LogP contribution in [0.5, 0.6) is 11.5 Å². The first-order valence-electron chi connectivity index (χ1n) is 10.2. The number of carbonyl (C=O) groups is 1. The highest BCUT2D eigenvalue weighted by molar-refractivity contribution is 7.22. The average Bonchev–Trinajstić information content (AvgIpc) is 3.43. The molecule has 0 aliphatic carbocycles. The Morgan fingerprint density at radius 3 is 2.65 bits per heavy atom. The summed E-state index contributed by atoms with van der Waals surface area (Å²) in [6.07, 6.45) is 4.22. The van der Waals surface area contributed by atoms with E-state index in [1.165, 1.54) is 11.3 Å². The van der Waals surface area contributed by atoms with Gasteiger partial charge in [0.15, 0.2) is 11.0 Å². The number of thiazole rings is 1. The number of anilines is 1. The molecule has 0 unspecified atom stereocenters. The molecule has 2 aromatic heterocycles. The highest BCUT2D eigenvalue weighted by Gasteiger charge is 2.26. The Morgan fingerprint density at radius 2 is 1.97 bits per heavy atom. The molecule has 9 nitrogen and oxygen atoms in total. The van der Waals surface area contributed by atoms with Crippen molar-refractivity contribution in [2.75, 3.05) is 58.5 Å². The first kappa shape index (κ1) is 21.5. The molecule has 1 aliphatic heterocycles. The standard InChI is InChI=1S/C21H27N5O4S/c1-24-10-7-22-19(24)20(27)26(9-4-8-25-11-13-30-14-12-25)21-23-17-15(28-2)5-6-16(29-3)18(17)31-21/h5-7,10H,4,8-9,11-14H2,1-3H3. The number of ether oxygens (including phenoxy) is 3. The van der Waals surface area contributed by atoms with Crippen LogP contribution in [0, 0.1) is 0 Å². The van der Waals surface area contributed by atoms with Gasteiger partial charge in [0, 0.05) is 45.6 Å². The fourth-order valence-corrected chi connectivity index (χ4v) is 4.74. The maximum absolute atomic E-state index is 13.4. The number of nitrogens with zero attached hydrogens (tertiary/aromatic N) is 5. The van der Waals surface area contributed by atoms with Gasteiger partial charge >= 0.3 is 0 Å². The van der Waals surface area contributed by atoms with Crippen molar-refractivity contribution in [3.8, 4) is 11.5 Å². The summed E-state index contributed by atoms with van der Waals surface area (Å²) in [7, 11) is 5.05. The zero-order valence-corrected chi connectivity index (χ0v) is 18.9. The Balaban J connectivity index is 1.64. The normalized spacial score (nSPS) is 14.7. The van der Waals surface area contributed by atoms with Gasteiger partial charge in [-0.3, -0.25) is 14.6 Å². The third-order valence-corrected chi connectivity index (χ3v) is 6.44. The molecule has 0 spiro atoms. The number of aryl methyl sites for hydroxylation is 1. The number of amides is 1. The molecule has 3 aromatic rings. The second kappa shape index (κ2) is 9.63. The van der Waals surface area contributed by atoms with Crippen LogP contribution < -0.4 is 14.4 Å². The third-order valence-electron chi connectivity index (χ3n) is 5.35. The highest BCUT2D eigenvalue weighted by atomic mass is 32.1. The Bertz CT molecular complexity index is 1000. The maximum Gasteiger partial charge on any atom is 0.296 e. The van der Waals surface area contributed by atoms with E-state index in [0.717, 1.165) is 44.0 Å². The highest BCUT2D eigenvalue weighted by Crippen LogP contribution is 2.40. The third kappa shape index (κ3) is 4.51. The number of imidazole rings is 1. The molecule has 31 heavy (non-hydrogen) atoms. The molecule has 1 fully saturated rings. The van der Waals surface area contributed by atoms with Gasteiger partial charge in [-0.05, 0) is 18.6 Å². The lowest BCUT2D eigenvalue weighted by molar-refractivity contribution is 0.0376. The second-order valence-corrected chi connectivity index (χ2v) is 8.25. The first-order valence-corrected chi connectivity index (χ1v) is 11.0. The lowest BCUT2D eigenvalue weighted by atomic mass is 10.3. The molecule has 3 heterocycles. The van der Waals surface area contributed by atoms with Crippen LogP contribution in [0.4, 0.5) is 5.13 Å². The minimum Gasteiger partial charge on any atom is -0.495 e. The molecule has 1 amide bonds. The topological polar surface area (TPSA) is 82.0 Å². The minimum atomic E-state index is -0.175. The van der Waals surface area contributed by atoms with Crippen molar-refractivity contribution in [1.82, 2.24) is 19.4 Å². The van der Waals surface area contributed by atoms with E-state index in [1.807, 2.05) is 19.2 Å². The number of fused-ring (bicyclic) bond motifs is 1. The van der Waals surface area contributed by atoms with E-state index in [0.29, 0.717) is 34.5 Å². The van der Waals surface area contributed by atoms with Crippen LogP contribution in [0.1, 0.15) is 17.0 Å². The van der Waals surface area contributed by atoms with Crippen molar-refractivity contribution in [2.45, 2.75) is 6.42 Å². The molecule has 166 valence electrons. The Hall–Kier alpha value is -2.69. The summed E-state index contributed by atoms with van der Waals surface area (Å²) in [4.78, 5) is 26.5. The van der Waals surface area contributed by atoms with Gasteiger partial charge < -0.3 is 18.8 Å². The number of morpholine rings is 1. The number of aromatic nitrogens is 3. The molecule has 4 rings (SSSR count). The van der Waals surface area contributed by atoms with E-state index in [4.69, 9.17) is 19.2 Å². The first-order chi connectivity index (χ1) is 15.1. The summed E-state index contributed by atoms with van der Waals surface area (Å²) in [6.45, 7) is 4.78. The average molecular weight is 446 g/mol. The zero-order chi connectivity index (χ0) is 21.8. The zero-order valence-electron chi connectivity index (χ0n) is 18.0. The summed E-state index contributed by atoms with van der Waals surface area (Å²) in [6, 6.07) is 3.68. The monoisotopic (exact) mass is 445 g/mol. The van der Waals surface area contributed by atoms with Crippen LogP contribution in [0.25, 0.3) is 10.2 Å². The quantitative estimate of drug-likeness (QED) is 0.527. The molecule has 1 saturated heterocycles. The molecule has 0 bridgehead atoms.